The molecule has 0 amide bonds. The molecule has 0 saturated carbocycles. The lowest BCUT2D eigenvalue weighted by atomic mass is 9.92. The number of cyclic esters (lactones) is 1. The predicted octanol–water partition coefficient (Wildman–Crippen LogP) is 3.10. The summed E-state index contributed by atoms with van der Waals surface area (Å²) in [5.41, 5.74) is 7.12. The van der Waals surface area contributed by atoms with Crippen LogP contribution >= 0.6 is 0 Å². The highest BCUT2D eigenvalue weighted by Gasteiger charge is 2.33. The predicted molar refractivity (Wildman–Crippen MR) is 102 cm³/mol. The average Bonchev–Trinajstić information content (AvgIpc) is 2.69. The molecule has 1 fully saturated rings. The monoisotopic (exact) mass is 363 g/mol. The SMILES string of the molecule is CCCCCO[C@@H]1[C@@H](CCc2ccccc2)COC[C@H](N)C(=O)O[C@H]1C. The van der Waals surface area contributed by atoms with Crippen molar-refractivity contribution in [1.82, 2.24) is 0 Å². The van der Waals surface area contributed by atoms with Crippen LogP contribution in [0.2, 0.25) is 0 Å². The van der Waals surface area contributed by atoms with Gasteiger partial charge < -0.3 is 19.9 Å². The zero-order chi connectivity index (χ0) is 18.8. The number of aryl methyl sites for hydroxylation is 1. The molecule has 26 heavy (non-hydrogen) atoms. The van der Waals surface area contributed by atoms with E-state index in [0.29, 0.717) is 13.2 Å². The summed E-state index contributed by atoms with van der Waals surface area (Å²) in [7, 11) is 0. The molecule has 1 aliphatic rings. The van der Waals surface area contributed by atoms with E-state index in [1.54, 1.807) is 0 Å². The van der Waals surface area contributed by atoms with Gasteiger partial charge >= 0.3 is 5.97 Å². The second kappa shape index (κ2) is 11.3. The molecular formula is C21H33NO4. The molecule has 2 N–H and O–H groups in total. The van der Waals surface area contributed by atoms with Crippen LogP contribution in [0, 0.1) is 5.92 Å². The van der Waals surface area contributed by atoms with E-state index in [0.717, 1.165) is 32.1 Å². The van der Waals surface area contributed by atoms with E-state index in [4.69, 9.17) is 19.9 Å². The lowest BCUT2D eigenvalue weighted by Crippen LogP contribution is -2.41. The van der Waals surface area contributed by atoms with Gasteiger partial charge in [-0.25, -0.2) is 0 Å². The molecule has 0 unspecified atom stereocenters. The number of esters is 1. The summed E-state index contributed by atoms with van der Waals surface area (Å²) in [6.45, 7) is 5.46. The highest BCUT2D eigenvalue weighted by molar-refractivity contribution is 5.75. The fraction of sp³-hybridized carbons (Fsp3) is 0.667. The molecule has 5 nitrogen and oxygen atoms in total. The normalized spacial score (nSPS) is 27.3. The van der Waals surface area contributed by atoms with Crippen LogP contribution in [0.4, 0.5) is 0 Å². The minimum atomic E-state index is -0.730. The molecule has 1 saturated heterocycles. The van der Waals surface area contributed by atoms with Crippen LogP contribution in [0.15, 0.2) is 30.3 Å². The number of carbonyl (C=O) groups is 1. The molecule has 146 valence electrons. The van der Waals surface area contributed by atoms with E-state index in [2.05, 4.69) is 31.2 Å². The Balaban J connectivity index is 2.04. The first kappa shape index (κ1) is 20.9. The molecule has 0 radical (unpaired) electrons. The van der Waals surface area contributed by atoms with Crippen molar-refractivity contribution in [3.8, 4) is 0 Å². The molecular weight excluding hydrogens is 330 g/mol. The van der Waals surface area contributed by atoms with Crippen LogP contribution in [0.5, 0.6) is 0 Å². The molecule has 0 bridgehead atoms. The van der Waals surface area contributed by atoms with Gasteiger partial charge in [-0.3, -0.25) is 4.79 Å². The van der Waals surface area contributed by atoms with Crippen LogP contribution < -0.4 is 5.73 Å². The number of unbranched alkanes of at least 4 members (excludes halogenated alkanes) is 2. The molecule has 2 rings (SSSR count). The number of hydrogen-bond acceptors (Lipinski definition) is 5. The Morgan fingerprint density at radius 2 is 1.96 bits per heavy atom. The summed E-state index contributed by atoms with van der Waals surface area (Å²) in [5.74, 6) is -0.256. The topological polar surface area (TPSA) is 70.8 Å². The Morgan fingerprint density at radius 1 is 1.19 bits per heavy atom. The molecule has 4 atom stereocenters. The third-order valence-electron chi connectivity index (χ3n) is 4.87. The van der Waals surface area contributed by atoms with Crippen LogP contribution in [-0.4, -0.2) is 44.0 Å². The van der Waals surface area contributed by atoms with E-state index < -0.39 is 12.0 Å². The summed E-state index contributed by atoms with van der Waals surface area (Å²) in [6.07, 6.45) is 4.64. The van der Waals surface area contributed by atoms with Gasteiger partial charge in [-0.1, -0.05) is 50.1 Å². The number of nitrogens with two attached hydrogens (primary N) is 1. The average molecular weight is 363 g/mol. The second-order valence-corrected chi connectivity index (χ2v) is 7.11. The lowest BCUT2D eigenvalue weighted by Gasteiger charge is -2.31. The molecule has 0 spiro atoms. The maximum Gasteiger partial charge on any atom is 0.325 e. The molecule has 5 heteroatoms. The maximum absolute atomic E-state index is 12.1. The van der Waals surface area contributed by atoms with Gasteiger partial charge in [0.25, 0.3) is 0 Å². The van der Waals surface area contributed by atoms with E-state index in [-0.39, 0.29) is 24.7 Å². The van der Waals surface area contributed by atoms with E-state index in [1.807, 2.05) is 13.0 Å². The van der Waals surface area contributed by atoms with Crippen molar-refractivity contribution >= 4 is 5.97 Å². The van der Waals surface area contributed by atoms with Crippen molar-refractivity contribution in [2.45, 2.75) is 64.2 Å². The first-order valence-corrected chi connectivity index (χ1v) is 9.81. The van der Waals surface area contributed by atoms with Crippen molar-refractivity contribution in [3.05, 3.63) is 35.9 Å². The number of carbonyl (C=O) groups excluding carboxylic acids is 1. The van der Waals surface area contributed by atoms with E-state index >= 15 is 0 Å². The van der Waals surface area contributed by atoms with Crippen LogP contribution in [0.1, 0.15) is 45.1 Å². The smallest absolute Gasteiger partial charge is 0.325 e. The molecule has 1 heterocycles. The third kappa shape index (κ3) is 6.71. The maximum atomic E-state index is 12.1. The highest BCUT2D eigenvalue weighted by Crippen LogP contribution is 2.23. The summed E-state index contributed by atoms with van der Waals surface area (Å²) < 4.78 is 17.5. The van der Waals surface area contributed by atoms with Crippen molar-refractivity contribution < 1.29 is 19.0 Å². The first-order valence-electron chi connectivity index (χ1n) is 9.81. The molecule has 1 aromatic carbocycles. The van der Waals surface area contributed by atoms with Crippen LogP contribution in [0.3, 0.4) is 0 Å². The van der Waals surface area contributed by atoms with Gasteiger partial charge in [-0.2, -0.15) is 0 Å². The zero-order valence-electron chi connectivity index (χ0n) is 16.1. The Kier molecular flexibility index (Phi) is 9.09. The number of benzene rings is 1. The standard InChI is InChI=1S/C21H33NO4/c1-3-4-8-13-25-20-16(2)26-21(23)19(22)15-24-14-18(20)12-11-17-9-6-5-7-10-17/h5-7,9-10,16,18-20H,3-4,8,11-15,22H2,1-2H3/t16-,18-,19-,20-/m0/s1. The summed E-state index contributed by atoms with van der Waals surface area (Å²) in [4.78, 5) is 12.1. The quantitative estimate of drug-likeness (QED) is 0.568. The Labute approximate surface area is 157 Å². The van der Waals surface area contributed by atoms with Gasteiger partial charge in [0, 0.05) is 12.5 Å². The van der Waals surface area contributed by atoms with Crippen LogP contribution in [0.25, 0.3) is 0 Å². The van der Waals surface area contributed by atoms with Gasteiger partial charge in [0.2, 0.25) is 0 Å². The number of ether oxygens (including phenoxy) is 3. The van der Waals surface area contributed by atoms with Gasteiger partial charge in [0.05, 0.1) is 19.3 Å². The first-order chi connectivity index (χ1) is 12.6. The summed E-state index contributed by atoms with van der Waals surface area (Å²) >= 11 is 0. The van der Waals surface area contributed by atoms with Gasteiger partial charge in [-0.15, -0.1) is 0 Å². The van der Waals surface area contributed by atoms with Gasteiger partial charge in [0.1, 0.15) is 12.1 Å². The minimum Gasteiger partial charge on any atom is -0.459 e. The van der Waals surface area contributed by atoms with Gasteiger partial charge in [0.15, 0.2) is 0 Å². The van der Waals surface area contributed by atoms with Crippen molar-refractivity contribution in [3.63, 3.8) is 0 Å². The minimum absolute atomic E-state index is 0.157. The Bertz CT molecular complexity index is 522. The molecule has 0 aromatic heterocycles. The van der Waals surface area contributed by atoms with E-state index in [1.165, 1.54) is 5.56 Å². The number of rotatable bonds is 8. The molecule has 1 aliphatic heterocycles. The van der Waals surface area contributed by atoms with Gasteiger partial charge in [-0.05, 0) is 31.7 Å². The fourth-order valence-corrected chi connectivity index (χ4v) is 3.32. The highest BCUT2D eigenvalue weighted by atomic mass is 16.6. The van der Waals surface area contributed by atoms with Crippen molar-refractivity contribution in [2.24, 2.45) is 11.7 Å². The van der Waals surface area contributed by atoms with Crippen LogP contribution in [-0.2, 0) is 25.4 Å². The van der Waals surface area contributed by atoms with Crippen molar-refractivity contribution in [2.75, 3.05) is 19.8 Å². The fourth-order valence-electron chi connectivity index (χ4n) is 3.32. The third-order valence-corrected chi connectivity index (χ3v) is 4.87. The largest absolute Gasteiger partial charge is 0.459 e. The molecule has 1 aromatic rings. The van der Waals surface area contributed by atoms with Crippen molar-refractivity contribution in [1.29, 1.82) is 0 Å². The van der Waals surface area contributed by atoms with E-state index in [9.17, 15) is 4.79 Å². The summed E-state index contributed by atoms with van der Waals surface area (Å²) in [6, 6.07) is 9.66. The zero-order valence-corrected chi connectivity index (χ0v) is 16.1. The second-order valence-electron chi connectivity index (χ2n) is 7.11. The summed E-state index contributed by atoms with van der Waals surface area (Å²) in [5, 5.41) is 0. The Morgan fingerprint density at radius 3 is 2.69 bits per heavy atom. The lowest BCUT2D eigenvalue weighted by molar-refractivity contribution is -0.159. The molecule has 0 aliphatic carbocycles. The number of hydrogen-bond donors (Lipinski definition) is 1. The Hall–Kier alpha value is -1.43.